The van der Waals surface area contributed by atoms with E-state index in [1.165, 1.54) is 5.56 Å². The van der Waals surface area contributed by atoms with E-state index in [1.54, 1.807) is 7.11 Å². The summed E-state index contributed by atoms with van der Waals surface area (Å²) < 4.78 is 5.30. The Balaban J connectivity index is 1.35. The second-order valence-corrected chi connectivity index (χ2v) is 6.85. The molecule has 0 saturated heterocycles. The van der Waals surface area contributed by atoms with Gasteiger partial charge in [0.2, 0.25) is 11.8 Å². The summed E-state index contributed by atoms with van der Waals surface area (Å²) in [6, 6.07) is 15.6. The number of hydrogen-bond acceptors (Lipinski definition) is 3. The van der Waals surface area contributed by atoms with Gasteiger partial charge < -0.3 is 15.0 Å². The third kappa shape index (κ3) is 3.05. The second-order valence-electron chi connectivity index (χ2n) is 6.85. The Morgan fingerprint density at radius 2 is 1.88 bits per heavy atom. The van der Waals surface area contributed by atoms with Crippen LogP contribution in [-0.2, 0) is 22.6 Å². The Bertz CT molecular complexity index is 849. The van der Waals surface area contributed by atoms with Crippen molar-refractivity contribution in [3.05, 3.63) is 59.7 Å². The minimum Gasteiger partial charge on any atom is -0.496 e. The van der Waals surface area contributed by atoms with Crippen LogP contribution in [0.4, 0.5) is 5.69 Å². The van der Waals surface area contributed by atoms with Gasteiger partial charge in [-0.25, -0.2) is 0 Å². The predicted octanol–water partition coefficient (Wildman–Crippen LogP) is 2.54. The number of ether oxygens (including phenoxy) is 1. The fourth-order valence-corrected chi connectivity index (χ4v) is 3.69. The lowest BCUT2D eigenvalue weighted by Crippen LogP contribution is -2.33. The summed E-state index contributed by atoms with van der Waals surface area (Å²) in [5.41, 5.74) is 3.14. The molecule has 0 spiro atoms. The molecular formula is C21H22N2O3. The molecule has 2 aromatic rings. The highest BCUT2D eigenvalue weighted by atomic mass is 16.5. The van der Waals surface area contributed by atoms with Crippen LogP contribution >= 0.6 is 0 Å². The van der Waals surface area contributed by atoms with Crippen molar-refractivity contribution in [3.63, 3.8) is 0 Å². The number of hydrogen-bond donors (Lipinski definition) is 1. The minimum absolute atomic E-state index is 0.0539. The lowest BCUT2D eigenvalue weighted by molar-refractivity contribution is -0.126. The normalized spacial score (nSPS) is 20.4. The van der Waals surface area contributed by atoms with E-state index in [2.05, 4.69) is 11.4 Å². The van der Waals surface area contributed by atoms with Crippen LogP contribution in [0.5, 0.6) is 5.75 Å². The lowest BCUT2D eigenvalue weighted by atomic mass is 10.2. The quantitative estimate of drug-likeness (QED) is 0.901. The third-order valence-corrected chi connectivity index (χ3v) is 5.24. The molecule has 1 fully saturated rings. The van der Waals surface area contributed by atoms with Crippen LogP contribution in [0, 0.1) is 11.8 Å². The van der Waals surface area contributed by atoms with Gasteiger partial charge in [-0.05, 0) is 30.5 Å². The standard InChI is InChI=1S/C21H22N2O3/c1-26-19-9-5-3-7-15(19)13-22-20(24)16-12-17(16)21(25)23-11-10-14-6-2-4-8-18(14)23/h2-9,16-17H,10-13H2,1H3,(H,22,24). The highest BCUT2D eigenvalue weighted by molar-refractivity contribution is 6.02. The van der Waals surface area contributed by atoms with Crippen LogP contribution in [0.25, 0.3) is 0 Å². The third-order valence-electron chi connectivity index (χ3n) is 5.24. The van der Waals surface area contributed by atoms with Gasteiger partial charge in [0.15, 0.2) is 0 Å². The van der Waals surface area contributed by atoms with Crippen molar-refractivity contribution in [1.82, 2.24) is 5.32 Å². The first-order valence-electron chi connectivity index (χ1n) is 8.98. The molecule has 2 aromatic carbocycles. The van der Waals surface area contributed by atoms with Crippen molar-refractivity contribution in [2.24, 2.45) is 11.8 Å². The van der Waals surface area contributed by atoms with Crippen LogP contribution in [0.15, 0.2) is 48.5 Å². The SMILES string of the molecule is COc1ccccc1CNC(=O)C1CC1C(=O)N1CCc2ccccc21. The fraction of sp³-hybridized carbons (Fsp3) is 0.333. The Labute approximate surface area is 153 Å². The van der Waals surface area contributed by atoms with Crippen molar-refractivity contribution in [1.29, 1.82) is 0 Å². The van der Waals surface area contributed by atoms with Crippen molar-refractivity contribution in [2.75, 3.05) is 18.6 Å². The van der Waals surface area contributed by atoms with E-state index in [1.807, 2.05) is 47.4 Å². The van der Waals surface area contributed by atoms with Gasteiger partial charge in [0.1, 0.15) is 5.75 Å². The average molecular weight is 350 g/mol. The summed E-state index contributed by atoms with van der Waals surface area (Å²) in [5, 5.41) is 2.94. The number of methoxy groups -OCH3 is 1. The first-order chi connectivity index (χ1) is 12.7. The molecule has 1 aliphatic heterocycles. The number of benzene rings is 2. The summed E-state index contributed by atoms with van der Waals surface area (Å²) in [6.45, 7) is 1.12. The van der Waals surface area contributed by atoms with Gasteiger partial charge in [0, 0.05) is 24.3 Å². The molecule has 1 N–H and O–H groups in total. The molecule has 2 aliphatic rings. The molecule has 0 radical (unpaired) electrons. The van der Waals surface area contributed by atoms with E-state index in [4.69, 9.17) is 4.74 Å². The maximum atomic E-state index is 12.8. The van der Waals surface area contributed by atoms with Gasteiger partial charge in [-0.2, -0.15) is 0 Å². The van der Waals surface area contributed by atoms with Gasteiger partial charge in [-0.15, -0.1) is 0 Å². The molecule has 26 heavy (non-hydrogen) atoms. The summed E-state index contributed by atoms with van der Waals surface area (Å²) in [6.07, 6.45) is 1.52. The molecule has 1 aliphatic carbocycles. The smallest absolute Gasteiger partial charge is 0.230 e. The number of para-hydroxylation sites is 2. The Hall–Kier alpha value is -2.82. The minimum atomic E-state index is -0.218. The largest absolute Gasteiger partial charge is 0.496 e. The van der Waals surface area contributed by atoms with E-state index in [-0.39, 0.29) is 23.7 Å². The number of amides is 2. The molecule has 1 heterocycles. The second kappa shape index (κ2) is 6.83. The van der Waals surface area contributed by atoms with E-state index in [9.17, 15) is 9.59 Å². The summed E-state index contributed by atoms with van der Waals surface area (Å²) in [4.78, 5) is 27.1. The van der Waals surface area contributed by atoms with Gasteiger partial charge >= 0.3 is 0 Å². The van der Waals surface area contributed by atoms with Crippen molar-refractivity contribution in [3.8, 4) is 5.75 Å². The number of nitrogens with zero attached hydrogens (tertiary/aromatic N) is 1. The van der Waals surface area contributed by atoms with Crippen LogP contribution in [-0.4, -0.2) is 25.5 Å². The molecule has 5 nitrogen and oxygen atoms in total. The topological polar surface area (TPSA) is 58.6 Å². The highest BCUT2D eigenvalue weighted by Crippen LogP contribution is 2.42. The molecular weight excluding hydrogens is 328 g/mol. The summed E-state index contributed by atoms with van der Waals surface area (Å²) in [5.74, 6) is 0.364. The number of fused-ring (bicyclic) bond motifs is 1. The van der Waals surface area contributed by atoms with Gasteiger partial charge in [-0.3, -0.25) is 9.59 Å². The van der Waals surface area contributed by atoms with E-state index in [0.717, 1.165) is 23.4 Å². The first-order valence-corrected chi connectivity index (χ1v) is 8.98. The Morgan fingerprint density at radius 3 is 2.73 bits per heavy atom. The molecule has 0 bridgehead atoms. The molecule has 2 amide bonds. The molecule has 5 heteroatoms. The molecule has 0 aromatic heterocycles. The van der Waals surface area contributed by atoms with Crippen molar-refractivity contribution >= 4 is 17.5 Å². The van der Waals surface area contributed by atoms with Gasteiger partial charge in [0.25, 0.3) is 0 Å². The van der Waals surface area contributed by atoms with Crippen LogP contribution in [0.3, 0.4) is 0 Å². The average Bonchev–Trinajstić information content (AvgIpc) is 3.37. The lowest BCUT2D eigenvalue weighted by Gasteiger charge is -2.17. The maximum absolute atomic E-state index is 12.8. The van der Waals surface area contributed by atoms with Crippen LogP contribution in [0.2, 0.25) is 0 Å². The summed E-state index contributed by atoms with van der Waals surface area (Å²) in [7, 11) is 1.62. The first kappa shape index (κ1) is 16.6. The van der Waals surface area contributed by atoms with Crippen molar-refractivity contribution in [2.45, 2.75) is 19.4 Å². The van der Waals surface area contributed by atoms with E-state index < -0.39 is 0 Å². The molecule has 4 rings (SSSR count). The monoisotopic (exact) mass is 350 g/mol. The fourth-order valence-electron chi connectivity index (χ4n) is 3.69. The molecule has 1 saturated carbocycles. The number of carbonyl (C=O) groups is 2. The summed E-state index contributed by atoms with van der Waals surface area (Å²) >= 11 is 0. The van der Waals surface area contributed by atoms with Gasteiger partial charge in [0.05, 0.1) is 18.9 Å². The van der Waals surface area contributed by atoms with Crippen LogP contribution < -0.4 is 15.0 Å². The number of rotatable bonds is 5. The molecule has 2 atom stereocenters. The molecule has 2 unspecified atom stereocenters. The zero-order chi connectivity index (χ0) is 18.1. The van der Waals surface area contributed by atoms with E-state index in [0.29, 0.717) is 19.5 Å². The zero-order valence-corrected chi connectivity index (χ0v) is 14.8. The Kier molecular flexibility index (Phi) is 4.37. The maximum Gasteiger partial charge on any atom is 0.230 e. The van der Waals surface area contributed by atoms with Crippen molar-refractivity contribution < 1.29 is 14.3 Å². The van der Waals surface area contributed by atoms with Gasteiger partial charge in [-0.1, -0.05) is 36.4 Å². The number of anilines is 1. The van der Waals surface area contributed by atoms with Crippen LogP contribution in [0.1, 0.15) is 17.5 Å². The Morgan fingerprint density at radius 1 is 1.12 bits per heavy atom. The molecule has 134 valence electrons. The number of nitrogens with one attached hydrogen (secondary N) is 1. The van der Waals surface area contributed by atoms with E-state index >= 15 is 0 Å². The number of carbonyl (C=O) groups excluding carboxylic acids is 2. The zero-order valence-electron chi connectivity index (χ0n) is 14.8. The highest BCUT2D eigenvalue weighted by Gasteiger charge is 2.50. The predicted molar refractivity (Wildman–Crippen MR) is 98.9 cm³/mol.